The molecule has 3 fully saturated rings. The van der Waals surface area contributed by atoms with Crippen LogP contribution in [0.3, 0.4) is 0 Å². The number of rotatable bonds is 9. The monoisotopic (exact) mass is 938 g/mol. The van der Waals surface area contributed by atoms with Gasteiger partial charge in [-0.3, -0.25) is 29.2 Å². The number of hydrazine groups is 1. The predicted molar refractivity (Wildman–Crippen MR) is 256 cm³/mol. The summed E-state index contributed by atoms with van der Waals surface area (Å²) in [5.41, 5.74) is 9.28. The average molecular weight is 939 g/mol. The van der Waals surface area contributed by atoms with E-state index in [0.717, 1.165) is 44.7 Å². The van der Waals surface area contributed by atoms with Gasteiger partial charge in [0, 0.05) is 105 Å². The topological polar surface area (TPSA) is 193 Å². The Balaban J connectivity index is 1.13. The fourth-order valence-corrected chi connectivity index (χ4v) is 10.8. The van der Waals surface area contributed by atoms with Crippen LogP contribution in [0.2, 0.25) is 0 Å². The molecule has 3 N–H and O–H groups in total. The Morgan fingerprint density at radius 2 is 1.90 bits per heavy atom. The van der Waals surface area contributed by atoms with Crippen molar-refractivity contribution >= 4 is 52.0 Å². The molecule has 0 aliphatic carbocycles. The number of pyridine rings is 1. The minimum Gasteiger partial charge on any atom is -0.464 e. The number of piperazine rings is 1. The van der Waals surface area contributed by atoms with Crippen molar-refractivity contribution < 1.29 is 33.4 Å². The Bertz CT molecular complexity index is 2520. The molecule has 3 saturated heterocycles. The molecular formula is C49H66N10O7S. The molecule has 5 amide bonds. The number of benzene rings is 1. The van der Waals surface area contributed by atoms with Gasteiger partial charge in [-0.05, 0) is 75.8 Å². The van der Waals surface area contributed by atoms with E-state index < -0.39 is 41.3 Å². The van der Waals surface area contributed by atoms with Crippen molar-refractivity contribution in [2.24, 2.45) is 11.3 Å². The highest BCUT2D eigenvalue weighted by Crippen LogP contribution is 2.42. The predicted octanol–water partition coefficient (Wildman–Crippen LogP) is 4.78. The van der Waals surface area contributed by atoms with Crippen molar-refractivity contribution in [1.29, 1.82) is 0 Å². The number of nitrogens with one attached hydrogen (secondary N) is 3. The molecule has 4 aromatic rings. The van der Waals surface area contributed by atoms with E-state index in [1.807, 2.05) is 44.0 Å². The normalized spacial score (nSPS) is 23.1. The van der Waals surface area contributed by atoms with Gasteiger partial charge in [0.2, 0.25) is 11.8 Å². The number of nitrogens with zero attached hydrogens (tertiary/aromatic N) is 7. The number of thiazole rings is 1. The minimum atomic E-state index is -1.08. The van der Waals surface area contributed by atoms with E-state index in [4.69, 9.17) is 19.4 Å². The maximum atomic E-state index is 14.7. The number of esters is 1. The number of carbonyl (C=O) groups is 5. The van der Waals surface area contributed by atoms with Gasteiger partial charge in [0.05, 0.1) is 40.8 Å². The van der Waals surface area contributed by atoms with Crippen LogP contribution in [-0.4, -0.2) is 148 Å². The number of amides is 5. The smallest absolute Gasteiger partial charge is 0.324 e. The highest BCUT2D eigenvalue weighted by Gasteiger charge is 2.42. The van der Waals surface area contributed by atoms with Crippen LogP contribution < -0.4 is 16.1 Å². The molecule has 3 aromatic heterocycles. The van der Waals surface area contributed by atoms with Crippen LogP contribution in [0.15, 0.2) is 41.9 Å². The standard InChI is InChI=1S/C49H66N10O7S/c1-10-57-39-16-15-31-21-33(39)34(43(57)32-13-11-17-50-41(32)30(5)65-9)23-49(6,7)27-66-47(63)35-14-12-18-59(54-35)46(62)36(22-40-52-38(31)26-67-40)53-44(60)42(28(2)3)55(8)48(64)56-19-20-58(29(4)25-56)45(61)37-24-51-37/h11,13,15-17,21,26,28-30,35-37,42,51,54H,10,12,14,18-20,22-25,27H2,1-9H3,(H,53,60)/t29-,30-,35-,36-,37+,42-/m0/s1. The second-order valence-corrected chi connectivity index (χ2v) is 20.6. The number of hydrogen-bond donors (Lipinski definition) is 3. The average Bonchev–Trinajstić information content (AvgIpc) is 4.00. The van der Waals surface area contributed by atoms with Crippen LogP contribution in [-0.2, 0) is 48.0 Å². The van der Waals surface area contributed by atoms with Crippen LogP contribution in [0.25, 0.3) is 33.4 Å². The largest absolute Gasteiger partial charge is 0.464 e. The van der Waals surface area contributed by atoms with E-state index in [0.29, 0.717) is 63.5 Å². The molecule has 6 atom stereocenters. The molecule has 18 heteroatoms. The van der Waals surface area contributed by atoms with Crippen molar-refractivity contribution in [2.45, 2.75) is 117 Å². The van der Waals surface area contributed by atoms with Crippen LogP contribution in [0.4, 0.5) is 4.79 Å². The van der Waals surface area contributed by atoms with Gasteiger partial charge in [-0.25, -0.2) is 15.2 Å². The van der Waals surface area contributed by atoms with E-state index >= 15 is 0 Å². The second-order valence-electron chi connectivity index (χ2n) is 19.6. The molecular weight excluding hydrogens is 873 g/mol. The summed E-state index contributed by atoms with van der Waals surface area (Å²) >= 11 is 1.41. The molecule has 360 valence electrons. The number of aromatic nitrogens is 3. The number of ether oxygens (including phenoxy) is 2. The summed E-state index contributed by atoms with van der Waals surface area (Å²) in [6.45, 7) is 16.9. The molecule has 1 aromatic carbocycles. The second kappa shape index (κ2) is 19.7. The summed E-state index contributed by atoms with van der Waals surface area (Å²) in [7, 11) is 3.30. The minimum absolute atomic E-state index is 0.0454. The van der Waals surface area contributed by atoms with E-state index in [9.17, 15) is 24.0 Å². The third kappa shape index (κ3) is 9.94. The summed E-state index contributed by atoms with van der Waals surface area (Å²) in [5, 5.41) is 11.2. The maximum absolute atomic E-state index is 14.7. The fraction of sp³-hybridized carbons (Fsp3) is 0.571. The summed E-state index contributed by atoms with van der Waals surface area (Å²) in [4.78, 5) is 84.9. The lowest BCUT2D eigenvalue weighted by Crippen LogP contribution is -2.63. The SMILES string of the molecule is CCn1c(-c2cccnc2[C@H](C)OC)c2c3cc(ccc31)-c1csc(n1)C[C@H](NC(=O)[C@H](C(C)C)N(C)C(=O)N1CCN(C(=O)[C@H]3CN3)[C@@H](C)C1)C(=O)N1CCC[C@H](N1)C(=O)OCC(C)(C)C2. The van der Waals surface area contributed by atoms with E-state index in [-0.39, 0.29) is 49.1 Å². The van der Waals surface area contributed by atoms with Gasteiger partial charge in [-0.2, -0.15) is 0 Å². The summed E-state index contributed by atoms with van der Waals surface area (Å²) in [6.07, 6.45) is 3.20. The van der Waals surface area contributed by atoms with Gasteiger partial charge >= 0.3 is 12.0 Å². The molecule has 4 aliphatic heterocycles. The number of urea groups is 1. The van der Waals surface area contributed by atoms with Gasteiger partial charge in [0.25, 0.3) is 5.91 Å². The van der Waals surface area contributed by atoms with Gasteiger partial charge in [0.15, 0.2) is 0 Å². The Hall–Kier alpha value is -5.43. The quantitative estimate of drug-likeness (QED) is 0.155. The molecule has 67 heavy (non-hydrogen) atoms. The zero-order valence-corrected chi connectivity index (χ0v) is 41.1. The van der Waals surface area contributed by atoms with Crippen molar-refractivity contribution in [1.82, 2.24) is 50.3 Å². The molecule has 4 aliphatic rings. The van der Waals surface area contributed by atoms with Crippen LogP contribution >= 0.6 is 11.3 Å². The highest BCUT2D eigenvalue weighted by atomic mass is 32.1. The Morgan fingerprint density at radius 3 is 2.60 bits per heavy atom. The lowest BCUT2D eigenvalue weighted by molar-refractivity contribution is -0.155. The van der Waals surface area contributed by atoms with Crippen molar-refractivity contribution in [3.05, 3.63) is 58.2 Å². The number of likely N-dealkylation sites (N-methyl/N-ethyl adjacent to an activating group) is 1. The number of methoxy groups -OCH3 is 1. The van der Waals surface area contributed by atoms with Crippen LogP contribution in [0.1, 0.15) is 83.7 Å². The molecule has 7 heterocycles. The third-order valence-corrected chi connectivity index (χ3v) is 14.5. The lowest BCUT2D eigenvalue weighted by Gasteiger charge is -2.42. The number of cyclic esters (lactones) is 1. The molecule has 0 saturated carbocycles. The number of aryl methyl sites for hydroxylation is 1. The zero-order valence-electron chi connectivity index (χ0n) is 40.3. The molecule has 8 rings (SSSR count). The Labute approximate surface area is 396 Å². The van der Waals surface area contributed by atoms with E-state index in [1.54, 1.807) is 25.3 Å². The summed E-state index contributed by atoms with van der Waals surface area (Å²) in [5.74, 6) is -1.63. The zero-order chi connectivity index (χ0) is 47.9. The Morgan fingerprint density at radius 1 is 1.12 bits per heavy atom. The van der Waals surface area contributed by atoms with Crippen LogP contribution in [0, 0.1) is 11.3 Å². The number of fused-ring (bicyclic) bond motifs is 6. The summed E-state index contributed by atoms with van der Waals surface area (Å²) < 4.78 is 14.2. The van der Waals surface area contributed by atoms with Crippen molar-refractivity contribution in [2.75, 3.05) is 53.5 Å². The number of hydrogen-bond acceptors (Lipinski definition) is 12. The molecule has 0 radical (unpaired) electrons. The molecule has 0 unspecified atom stereocenters. The first-order valence-corrected chi connectivity index (χ1v) is 24.6. The van der Waals surface area contributed by atoms with Gasteiger partial charge in [-0.15, -0.1) is 11.3 Å². The molecule has 6 bridgehead atoms. The summed E-state index contributed by atoms with van der Waals surface area (Å²) in [6, 6.07) is 6.96. The first kappa shape index (κ1) is 48.0. The van der Waals surface area contributed by atoms with Gasteiger partial charge in [0.1, 0.15) is 18.1 Å². The lowest BCUT2D eigenvalue weighted by atomic mass is 9.84. The van der Waals surface area contributed by atoms with E-state index in [1.165, 1.54) is 21.2 Å². The number of carbonyl (C=O) groups excluding carboxylic acids is 5. The van der Waals surface area contributed by atoms with Gasteiger partial charge in [-0.1, -0.05) is 33.8 Å². The van der Waals surface area contributed by atoms with Crippen molar-refractivity contribution in [3.8, 4) is 22.5 Å². The molecule has 0 spiro atoms. The highest BCUT2D eigenvalue weighted by molar-refractivity contribution is 7.10. The van der Waals surface area contributed by atoms with Crippen LogP contribution in [0.5, 0.6) is 0 Å². The van der Waals surface area contributed by atoms with Gasteiger partial charge < -0.3 is 39.4 Å². The first-order valence-electron chi connectivity index (χ1n) is 23.7. The van der Waals surface area contributed by atoms with E-state index in [2.05, 4.69) is 65.7 Å². The fourth-order valence-electron chi connectivity index (χ4n) is 9.98. The first-order chi connectivity index (χ1) is 32.0. The molecule has 17 nitrogen and oxygen atoms in total. The van der Waals surface area contributed by atoms with Crippen molar-refractivity contribution in [3.63, 3.8) is 0 Å². The third-order valence-electron chi connectivity index (χ3n) is 13.7. The Kier molecular flexibility index (Phi) is 14.1. The maximum Gasteiger partial charge on any atom is 0.324 e.